The molecule has 5 aromatic rings. The lowest BCUT2D eigenvalue weighted by atomic mass is 10.00. The molecule has 0 aliphatic heterocycles. The van der Waals surface area contributed by atoms with Gasteiger partial charge in [-0.25, -0.2) is 22.8 Å². The number of sulfonamides is 1. The molecule has 9 nitrogen and oxygen atoms in total. The van der Waals surface area contributed by atoms with Crippen LogP contribution in [0.1, 0.15) is 40.2 Å². The number of hydrogen-bond acceptors (Lipinski definition) is 7. The van der Waals surface area contributed by atoms with Crippen molar-refractivity contribution in [2.45, 2.75) is 25.3 Å². The van der Waals surface area contributed by atoms with Gasteiger partial charge in [-0.2, -0.15) is 0 Å². The van der Waals surface area contributed by atoms with E-state index in [4.69, 9.17) is 9.15 Å². The Morgan fingerprint density at radius 3 is 2.29 bits per heavy atom. The molecule has 1 N–H and O–H groups in total. The summed E-state index contributed by atoms with van der Waals surface area (Å²) in [7, 11) is -2.15. The van der Waals surface area contributed by atoms with E-state index in [-0.39, 0.29) is 24.2 Å². The number of furan rings is 1. The number of nitrogens with zero attached hydrogens (tertiary/aromatic N) is 3. The van der Waals surface area contributed by atoms with Crippen LogP contribution >= 0.6 is 0 Å². The third kappa shape index (κ3) is 5.55. The molecule has 0 saturated heterocycles. The maximum atomic E-state index is 13.2. The standard InChI is InChI=1S/C31H27FN4O5S/c1-33-31(37)29-26-13-25(20-3-4-20)27(36(42(2,38)39)17-19-15-34-18-35-16-19)14-28(26)41-30(29)21-5-9-23(10-6-21)40-24-11-7-22(32)8-12-24/h5-16,18,20H,3-4,17H2,1-2H3,(H,33,37). The van der Waals surface area contributed by atoms with Gasteiger partial charge >= 0.3 is 0 Å². The van der Waals surface area contributed by atoms with Crippen molar-refractivity contribution in [1.82, 2.24) is 15.3 Å². The average Bonchev–Trinajstić information content (AvgIpc) is 3.77. The van der Waals surface area contributed by atoms with Crippen molar-refractivity contribution in [2.24, 2.45) is 0 Å². The number of carbonyl (C=O) groups excluding carboxylic acids is 1. The van der Waals surface area contributed by atoms with Crippen molar-refractivity contribution in [3.8, 4) is 22.8 Å². The van der Waals surface area contributed by atoms with Crippen LogP contribution in [0.15, 0.2) is 83.8 Å². The van der Waals surface area contributed by atoms with Crippen LogP contribution in [0.4, 0.5) is 10.1 Å². The topological polar surface area (TPSA) is 115 Å². The van der Waals surface area contributed by atoms with E-state index in [1.807, 2.05) is 6.07 Å². The molecular weight excluding hydrogens is 559 g/mol. The van der Waals surface area contributed by atoms with Gasteiger partial charge in [0.25, 0.3) is 5.91 Å². The lowest BCUT2D eigenvalue weighted by Gasteiger charge is -2.25. The fourth-order valence-electron chi connectivity index (χ4n) is 4.91. The van der Waals surface area contributed by atoms with E-state index in [9.17, 15) is 17.6 Å². The third-order valence-electron chi connectivity index (χ3n) is 7.08. The Labute approximate surface area is 242 Å². The van der Waals surface area contributed by atoms with Crippen LogP contribution in [0.5, 0.6) is 11.5 Å². The summed E-state index contributed by atoms with van der Waals surface area (Å²) in [6.45, 7) is 0.0519. The van der Waals surface area contributed by atoms with Crippen LogP contribution < -0.4 is 14.4 Å². The van der Waals surface area contributed by atoms with Gasteiger partial charge in [0.05, 0.1) is 24.1 Å². The van der Waals surface area contributed by atoms with E-state index in [2.05, 4.69) is 15.3 Å². The van der Waals surface area contributed by atoms with Gasteiger partial charge in [0.1, 0.15) is 35.0 Å². The fourth-order valence-corrected chi connectivity index (χ4v) is 5.81. The Hall–Kier alpha value is -4.77. The van der Waals surface area contributed by atoms with Crippen molar-refractivity contribution in [1.29, 1.82) is 0 Å². The van der Waals surface area contributed by atoms with Crippen LogP contribution in [0.2, 0.25) is 0 Å². The third-order valence-corrected chi connectivity index (χ3v) is 8.21. The number of anilines is 1. The molecule has 3 aromatic carbocycles. The second-order valence-electron chi connectivity index (χ2n) is 10.2. The fraction of sp³-hybridized carbons (Fsp3) is 0.194. The SMILES string of the molecule is CNC(=O)c1c(-c2ccc(Oc3ccc(F)cc3)cc2)oc2cc(N(Cc3cncnc3)S(C)(=O)=O)c(C3CC3)cc12. The van der Waals surface area contributed by atoms with Crippen LogP contribution in [0, 0.1) is 5.82 Å². The number of halogens is 1. The molecule has 2 heterocycles. The molecule has 0 spiro atoms. The van der Waals surface area contributed by atoms with Gasteiger partial charge in [0.15, 0.2) is 0 Å². The largest absolute Gasteiger partial charge is 0.457 e. The molecule has 0 bridgehead atoms. The van der Waals surface area contributed by atoms with Crippen molar-refractivity contribution in [3.05, 3.63) is 102 Å². The summed E-state index contributed by atoms with van der Waals surface area (Å²) in [4.78, 5) is 21.2. The second-order valence-corrected chi connectivity index (χ2v) is 12.1. The lowest BCUT2D eigenvalue weighted by Crippen LogP contribution is -2.30. The van der Waals surface area contributed by atoms with Gasteiger partial charge in [-0.3, -0.25) is 9.10 Å². The van der Waals surface area contributed by atoms with E-state index in [1.165, 1.54) is 34.9 Å². The molecule has 0 atom stereocenters. The number of rotatable bonds is 9. The summed E-state index contributed by atoms with van der Waals surface area (Å²) in [6.07, 6.45) is 7.55. The minimum absolute atomic E-state index is 0.0519. The highest BCUT2D eigenvalue weighted by Gasteiger charge is 2.33. The number of aromatic nitrogens is 2. The Kier molecular flexibility index (Phi) is 7.11. The van der Waals surface area contributed by atoms with Crippen LogP contribution in [0.25, 0.3) is 22.3 Å². The van der Waals surface area contributed by atoms with Gasteiger partial charge < -0.3 is 14.5 Å². The number of benzene rings is 3. The Morgan fingerprint density at radius 2 is 1.69 bits per heavy atom. The zero-order valence-electron chi connectivity index (χ0n) is 22.9. The van der Waals surface area contributed by atoms with Gasteiger partial charge in [-0.1, -0.05) is 0 Å². The molecule has 2 aromatic heterocycles. The van der Waals surface area contributed by atoms with Crippen LogP contribution in [0.3, 0.4) is 0 Å². The predicted octanol–water partition coefficient (Wildman–Crippen LogP) is 6.02. The minimum atomic E-state index is -3.70. The second kappa shape index (κ2) is 10.9. The molecule has 6 rings (SSSR count). The van der Waals surface area contributed by atoms with Crippen molar-refractivity contribution < 1.29 is 26.8 Å². The Balaban J connectivity index is 1.45. The quantitative estimate of drug-likeness (QED) is 0.224. The Bertz CT molecular complexity index is 1870. The summed E-state index contributed by atoms with van der Waals surface area (Å²) in [6, 6.07) is 16.3. The van der Waals surface area contributed by atoms with Gasteiger partial charge in [0, 0.05) is 42.0 Å². The first-order valence-corrected chi connectivity index (χ1v) is 15.1. The summed E-state index contributed by atoms with van der Waals surface area (Å²) in [5, 5.41) is 3.30. The zero-order chi connectivity index (χ0) is 29.4. The maximum absolute atomic E-state index is 13.2. The number of hydrogen-bond donors (Lipinski definition) is 1. The molecule has 42 heavy (non-hydrogen) atoms. The van der Waals surface area contributed by atoms with Crippen molar-refractivity contribution in [3.63, 3.8) is 0 Å². The zero-order valence-corrected chi connectivity index (χ0v) is 23.7. The number of ether oxygens (including phenoxy) is 1. The molecule has 214 valence electrons. The summed E-state index contributed by atoms with van der Waals surface area (Å²) < 4.78 is 52.8. The van der Waals surface area contributed by atoms with E-state index >= 15 is 0 Å². The molecular formula is C31H27FN4O5S. The number of fused-ring (bicyclic) bond motifs is 1. The number of carbonyl (C=O) groups is 1. The van der Waals surface area contributed by atoms with Crippen molar-refractivity contribution in [2.75, 3.05) is 17.6 Å². The molecule has 1 aliphatic rings. The minimum Gasteiger partial charge on any atom is -0.457 e. The highest BCUT2D eigenvalue weighted by Crippen LogP contribution is 2.48. The molecule has 0 unspecified atom stereocenters. The highest BCUT2D eigenvalue weighted by atomic mass is 32.2. The number of amides is 1. The molecule has 1 saturated carbocycles. The van der Waals surface area contributed by atoms with Crippen molar-refractivity contribution >= 4 is 32.6 Å². The summed E-state index contributed by atoms with van der Waals surface area (Å²) in [5.41, 5.74) is 3.35. The van der Waals surface area contributed by atoms with Gasteiger partial charge in [-0.05, 0) is 78.9 Å². The van der Waals surface area contributed by atoms with Gasteiger partial charge in [-0.15, -0.1) is 0 Å². The van der Waals surface area contributed by atoms with E-state index < -0.39 is 10.0 Å². The predicted molar refractivity (Wildman–Crippen MR) is 157 cm³/mol. The molecule has 1 amide bonds. The maximum Gasteiger partial charge on any atom is 0.255 e. The van der Waals surface area contributed by atoms with Crippen LogP contribution in [-0.2, 0) is 16.6 Å². The first kappa shape index (κ1) is 27.4. The van der Waals surface area contributed by atoms with E-state index in [0.29, 0.717) is 50.6 Å². The molecule has 1 fully saturated rings. The van der Waals surface area contributed by atoms with E-state index in [1.54, 1.807) is 49.8 Å². The lowest BCUT2D eigenvalue weighted by molar-refractivity contribution is 0.0964. The Morgan fingerprint density at radius 1 is 1.05 bits per heavy atom. The first-order valence-electron chi connectivity index (χ1n) is 13.3. The molecule has 0 radical (unpaired) electrons. The monoisotopic (exact) mass is 586 g/mol. The van der Waals surface area contributed by atoms with E-state index in [0.717, 1.165) is 24.7 Å². The average molecular weight is 587 g/mol. The van der Waals surface area contributed by atoms with Crippen LogP contribution in [-0.4, -0.2) is 37.6 Å². The smallest absolute Gasteiger partial charge is 0.255 e. The molecule has 11 heteroatoms. The van der Waals surface area contributed by atoms with Gasteiger partial charge in [0.2, 0.25) is 10.0 Å². The summed E-state index contributed by atoms with van der Waals surface area (Å²) in [5.74, 6) is 0.835. The number of nitrogens with one attached hydrogen (secondary N) is 1. The highest BCUT2D eigenvalue weighted by molar-refractivity contribution is 7.92. The normalized spacial score (nSPS) is 13.2. The first-order chi connectivity index (χ1) is 20.2. The summed E-state index contributed by atoms with van der Waals surface area (Å²) >= 11 is 0. The molecule has 1 aliphatic carbocycles.